The Bertz CT molecular complexity index is 314. The molecule has 0 fully saturated rings. The number of thioether (sulfide) groups is 1. The normalized spacial score (nSPS) is 9.83. The van der Waals surface area contributed by atoms with Gasteiger partial charge in [-0.15, -0.1) is 11.8 Å². The van der Waals surface area contributed by atoms with Gasteiger partial charge < -0.3 is 0 Å². The molecule has 1 heterocycles. The smallest absolute Gasteiger partial charge is 0.258 e. The third-order valence-electron chi connectivity index (χ3n) is 1.37. The maximum Gasteiger partial charge on any atom is 0.301 e. The molecule has 0 spiro atoms. The van der Waals surface area contributed by atoms with E-state index in [4.69, 9.17) is 0 Å². The molecule has 12 heavy (non-hydrogen) atoms. The van der Waals surface area contributed by atoms with E-state index in [2.05, 4.69) is 4.98 Å². The largest absolute Gasteiger partial charge is 0.301 e. The average molecular weight is 184 g/mol. The number of hydrogen-bond donors (Lipinski definition) is 0. The quantitative estimate of drug-likeness (QED) is 0.401. The van der Waals surface area contributed by atoms with Crippen molar-refractivity contribution in [2.24, 2.45) is 0 Å². The van der Waals surface area contributed by atoms with Crippen molar-refractivity contribution in [3.05, 3.63) is 27.9 Å². The Balaban J connectivity index is 3.20. The summed E-state index contributed by atoms with van der Waals surface area (Å²) in [5.74, 6) is 0. The highest BCUT2D eigenvalue weighted by Gasteiger charge is 2.13. The van der Waals surface area contributed by atoms with Crippen LogP contribution in [0.15, 0.2) is 17.2 Å². The second kappa shape index (κ2) is 3.53. The van der Waals surface area contributed by atoms with Crippen LogP contribution in [0.2, 0.25) is 0 Å². The molecular formula is C7H8N2O2S. The summed E-state index contributed by atoms with van der Waals surface area (Å²) in [6, 6.07) is 3.12. The van der Waals surface area contributed by atoms with Crippen LogP contribution in [-0.4, -0.2) is 16.2 Å². The molecule has 0 saturated heterocycles. The van der Waals surface area contributed by atoms with Crippen molar-refractivity contribution < 1.29 is 4.92 Å². The summed E-state index contributed by atoms with van der Waals surface area (Å²) in [6.07, 6.45) is 1.77. The van der Waals surface area contributed by atoms with Crippen molar-refractivity contribution >= 4 is 17.4 Å². The van der Waals surface area contributed by atoms with Gasteiger partial charge in [0.25, 0.3) is 0 Å². The van der Waals surface area contributed by atoms with Crippen LogP contribution in [0.1, 0.15) is 5.69 Å². The van der Waals surface area contributed by atoms with E-state index in [1.165, 1.54) is 17.8 Å². The summed E-state index contributed by atoms with van der Waals surface area (Å²) in [5, 5.41) is 10.9. The molecule has 0 radical (unpaired) electrons. The molecule has 5 heteroatoms. The zero-order valence-electron chi connectivity index (χ0n) is 6.77. The summed E-state index contributed by atoms with van der Waals surface area (Å²) in [5.41, 5.74) is 0.873. The Morgan fingerprint density at radius 1 is 1.58 bits per heavy atom. The van der Waals surface area contributed by atoms with E-state index >= 15 is 0 Å². The van der Waals surface area contributed by atoms with Gasteiger partial charge in [0.15, 0.2) is 5.03 Å². The van der Waals surface area contributed by atoms with Crippen LogP contribution in [0.5, 0.6) is 0 Å². The van der Waals surface area contributed by atoms with Gasteiger partial charge >= 0.3 is 5.69 Å². The van der Waals surface area contributed by atoms with Crippen LogP contribution in [0.25, 0.3) is 0 Å². The lowest BCUT2D eigenvalue weighted by molar-refractivity contribution is -0.388. The standard InChI is InChI=1S/C7H8N2O2S/c1-5-3-4-6(9(10)11)7(8-5)12-2/h3-4H,1-2H3. The Labute approximate surface area is 74.2 Å². The minimum atomic E-state index is -0.418. The second-order valence-electron chi connectivity index (χ2n) is 2.24. The van der Waals surface area contributed by atoms with E-state index in [1.807, 2.05) is 6.92 Å². The summed E-state index contributed by atoms with van der Waals surface area (Å²) >= 11 is 1.29. The molecule has 0 aliphatic heterocycles. The summed E-state index contributed by atoms with van der Waals surface area (Å²) in [7, 11) is 0. The lowest BCUT2D eigenvalue weighted by atomic mass is 10.3. The summed E-state index contributed by atoms with van der Waals surface area (Å²) < 4.78 is 0. The number of nitro groups is 1. The van der Waals surface area contributed by atoms with Crippen molar-refractivity contribution in [1.29, 1.82) is 0 Å². The number of aromatic nitrogens is 1. The fraction of sp³-hybridized carbons (Fsp3) is 0.286. The Hall–Kier alpha value is -1.10. The SMILES string of the molecule is CSc1nc(C)ccc1[N+](=O)[O-]. The molecule has 1 rings (SSSR count). The van der Waals surface area contributed by atoms with Crippen molar-refractivity contribution in [2.45, 2.75) is 11.9 Å². The molecule has 0 amide bonds. The maximum absolute atomic E-state index is 10.4. The fourth-order valence-electron chi connectivity index (χ4n) is 0.815. The second-order valence-corrected chi connectivity index (χ2v) is 3.03. The number of hydrogen-bond acceptors (Lipinski definition) is 4. The number of pyridine rings is 1. The molecule has 0 aliphatic rings. The molecule has 4 nitrogen and oxygen atoms in total. The maximum atomic E-state index is 10.4. The van der Waals surface area contributed by atoms with E-state index < -0.39 is 4.92 Å². The highest BCUT2D eigenvalue weighted by atomic mass is 32.2. The van der Waals surface area contributed by atoms with Crippen LogP contribution in [0.4, 0.5) is 5.69 Å². The highest BCUT2D eigenvalue weighted by Crippen LogP contribution is 2.24. The van der Waals surface area contributed by atoms with Crippen LogP contribution in [0, 0.1) is 17.0 Å². The molecule has 0 aromatic carbocycles. The predicted octanol–water partition coefficient (Wildman–Crippen LogP) is 2.02. The van der Waals surface area contributed by atoms with Crippen molar-refractivity contribution in [3.63, 3.8) is 0 Å². The van der Waals surface area contributed by atoms with Gasteiger partial charge in [-0.1, -0.05) is 0 Å². The van der Waals surface area contributed by atoms with Gasteiger partial charge in [0, 0.05) is 11.8 Å². The molecule has 0 saturated carbocycles. The minimum Gasteiger partial charge on any atom is -0.258 e. The van der Waals surface area contributed by atoms with Crippen molar-refractivity contribution in [3.8, 4) is 0 Å². The first-order valence-electron chi connectivity index (χ1n) is 3.31. The Morgan fingerprint density at radius 2 is 2.25 bits per heavy atom. The molecule has 0 N–H and O–H groups in total. The lowest BCUT2D eigenvalue weighted by Crippen LogP contribution is -1.94. The monoisotopic (exact) mass is 184 g/mol. The van der Waals surface area contributed by atoms with Gasteiger partial charge in [-0.3, -0.25) is 10.1 Å². The van der Waals surface area contributed by atoms with Crippen LogP contribution >= 0.6 is 11.8 Å². The molecule has 0 bridgehead atoms. The Morgan fingerprint density at radius 3 is 2.75 bits per heavy atom. The molecule has 1 aromatic heterocycles. The van der Waals surface area contributed by atoms with Crippen LogP contribution < -0.4 is 0 Å². The lowest BCUT2D eigenvalue weighted by Gasteiger charge is -1.98. The zero-order valence-corrected chi connectivity index (χ0v) is 7.59. The van der Waals surface area contributed by atoms with E-state index in [0.717, 1.165) is 5.69 Å². The predicted molar refractivity (Wildman–Crippen MR) is 47.4 cm³/mol. The van der Waals surface area contributed by atoms with Gasteiger partial charge in [-0.25, -0.2) is 4.98 Å². The molecular weight excluding hydrogens is 176 g/mol. The first-order valence-corrected chi connectivity index (χ1v) is 4.53. The van der Waals surface area contributed by atoms with E-state index in [-0.39, 0.29) is 5.69 Å². The molecule has 0 aliphatic carbocycles. The van der Waals surface area contributed by atoms with E-state index in [9.17, 15) is 10.1 Å². The minimum absolute atomic E-state index is 0.0769. The van der Waals surface area contributed by atoms with Gasteiger partial charge in [-0.2, -0.15) is 0 Å². The van der Waals surface area contributed by atoms with Crippen molar-refractivity contribution in [2.75, 3.05) is 6.26 Å². The number of aryl methyl sites for hydroxylation is 1. The first kappa shape index (κ1) is 8.99. The first-order chi connectivity index (χ1) is 5.65. The number of rotatable bonds is 2. The molecule has 0 unspecified atom stereocenters. The van der Waals surface area contributed by atoms with Crippen LogP contribution in [-0.2, 0) is 0 Å². The Kier molecular flexibility index (Phi) is 2.65. The van der Waals surface area contributed by atoms with Gasteiger partial charge in [-0.05, 0) is 19.2 Å². The van der Waals surface area contributed by atoms with Gasteiger partial charge in [0.2, 0.25) is 0 Å². The van der Waals surface area contributed by atoms with Crippen molar-refractivity contribution in [1.82, 2.24) is 4.98 Å². The van der Waals surface area contributed by atoms with Gasteiger partial charge in [0.05, 0.1) is 4.92 Å². The topological polar surface area (TPSA) is 56.0 Å². The third-order valence-corrected chi connectivity index (χ3v) is 2.06. The van der Waals surface area contributed by atoms with Gasteiger partial charge in [0.1, 0.15) is 0 Å². The third kappa shape index (κ3) is 1.73. The summed E-state index contributed by atoms with van der Waals surface area (Å²) in [6.45, 7) is 1.81. The molecule has 64 valence electrons. The summed E-state index contributed by atoms with van der Waals surface area (Å²) in [4.78, 5) is 14.1. The molecule has 1 aromatic rings. The fourth-order valence-corrected chi connectivity index (χ4v) is 1.40. The number of nitrogens with zero attached hydrogens (tertiary/aromatic N) is 2. The highest BCUT2D eigenvalue weighted by molar-refractivity contribution is 7.98. The van der Waals surface area contributed by atoms with E-state index in [1.54, 1.807) is 12.3 Å². The average Bonchev–Trinajstić information content (AvgIpc) is 2.03. The zero-order chi connectivity index (χ0) is 9.14. The van der Waals surface area contributed by atoms with Crippen LogP contribution in [0.3, 0.4) is 0 Å². The van der Waals surface area contributed by atoms with E-state index in [0.29, 0.717) is 5.03 Å². The molecule has 0 atom stereocenters.